The van der Waals surface area contributed by atoms with Crippen LogP contribution < -0.4 is 4.72 Å². The number of aromatic nitrogens is 1. The number of aromatic hydroxyl groups is 1. The molecule has 0 amide bonds. The lowest BCUT2D eigenvalue weighted by atomic mass is 10.1. The van der Waals surface area contributed by atoms with E-state index in [2.05, 4.69) is 9.71 Å². The van der Waals surface area contributed by atoms with Gasteiger partial charge in [0.25, 0.3) is 10.0 Å². The van der Waals surface area contributed by atoms with Gasteiger partial charge in [0.1, 0.15) is 17.0 Å². The van der Waals surface area contributed by atoms with Gasteiger partial charge in [0.15, 0.2) is 11.6 Å². The van der Waals surface area contributed by atoms with Crippen molar-refractivity contribution in [2.45, 2.75) is 11.8 Å². The Hall–Kier alpha value is -2.94. The number of rotatable bonds is 4. The normalized spacial score (nSPS) is 11.5. The lowest BCUT2D eigenvalue weighted by Crippen LogP contribution is -2.15. The molecule has 25 heavy (non-hydrogen) atoms. The second-order valence-electron chi connectivity index (χ2n) is 5.16. The summed E-state index contributed by atoms with van der Waals surface area (Å²) in [4.78, 5) is 3.10. The molecule has 0 unspecified atom stereocenters. The van der Waals surface area contributed by atoms with Crippen LogP contribution in [0.4, 0.5) is 14.5 Å². The molecule has 0 aliphatic heterocycles. The van der Waals surface area contributed by atoms with E-state index in [4.69, 9.17) is 4.42 Å². The standard InChI is InChI=1S/C16H12F2N2O4S/c1-9-11(16-19-5-6-24-16)3-2-4-13(9)20-25(22,23)14-8-10(17)7-12(18)15(14)21/h2-8,20-21H,1H3. The van der Waals surface area contributed by atoms with Crippen LogP contribution in [0.25, 0.3) is 11.5 Å². The van der Waals surface area contributed by atoms with Gasteiger partial charge in [-0.3, -0.25) is 4.72 Å². The highest BCUT2D eigenvalue weighted by atomic mass is 32.2. The van der Waals surface area contributed by atoms with E-state index in [1.165, 1.54) is 18.5 Å². The molecule has 1 aromatic heterocycles. The van der Waals surface area contributed by atoms with E-state index in [0.717, 1.165) is 0 Å². The first kappa shape index (κ1) is 16.9. The summed E-state index contributed by atoms with van der Waals surface area (Å²) in [5.41, 5.74) is 1.18. The molecule has 0 atom stereocenters. The van der Waals surface area contributed by atoms with Crippen LogP contribution in [-0.2, 0) is 10.0 Å². The second-order valence-corrected chi connectivity index (χ2v) is 6.81. The maximum atomic E-state index is 13.4. The first-order valence-electron chi connectivity index (χ1n) is 7.00. The van der Waals surface area contributed by atoms with Crippen LogP contribution in [0.2, 0.25) is 0 Å². The number of phenolic OH excluding ortho intramolecular Hbond substituents is 1. The Balaban J connectivity index is 2.04. The number of nitrogens with one attached hydrogen (secondary N) is 1. The largest absolute Gasteiger partial charge is 0.504 e. The molecule has 0 aliphatic carbocycles. The number of sulfonamides is 1. The SMILES string of the molecule is Cc1c(NS(=O)(=O)c2cc(F)cc(F)c2O)cccc1-c1ncco1. The van der Waals surface area contributed by atoms with Crippen molar-refractivity contribution >= 4 is 15.7 Å². The number of hydrogen-bond acceptors (Lipinski definition) is 5. The molecule has 0 bridgehead atoms. The van der Waals surface area contributed by atoms with E-state index in [0.29, 0.717) is 23.3 Å². The Morgan fingerprint density at radius 1 is 1.24 bits per heavy atom. The summed E-state index contributed by atoms with van der Waals surface area (Å²) >= 11 is 0. The second kappa shape index (κ2) is 6.17. The maximum absolute atomic E-state index is 13.4. The molecule has 0 radical (unpaired) electrons. The summed E-state index contributed by atoms with van der Waals surface area (Å²) < 4.78 is 59.0. The van der Waals surface area contributed by atoms with Gasteiger partial charge in [-0.15, -0.1) is 0 Å². The first-order chi connectivity index (χ1) is 11.8. The molecule has 0 fully saturated rings. The van der Waals surface area contributed by atoms with Gasteiger partial charge in [-0.1, -0.05) is 6.07 Å². The van der Waals surface area contributed by atoms with Gasteiger partial charge in [0.05, 0.1) is 11.9 Å². The third kappa shape index (κ3) is 3.18. The predicted octanol–water partition coefficient (Wildman–Crippen LogP) is 3.43. The van der Waals surface area contributed by atoms with Crippen molar-refractivity contribution in [2.24, 2.45) is 0 Å². The smallest absolute Gasteiger partial charge is 0.265 e. The van der Waals surface area contributed by atoms with Crippen molar-refractivity contribution in [3.63, 3.8) is 0 Å². The van der Waals surface area contributed by atoms with Crippen molar-refractivity contribution in [1.82, 2.24) is 4.98 Å². The average molecular weight is 366 g/mol. The summed E-state index contributed by atoms with van der Waals surface area (Å²) in [6, 6.07) is 5.64. The van der Waals surface area contributed by atoms with Crippen LogP contribution in [0, 0.1) is 18.6 Å². The van der Waals surface area contributed by atoms with Gasteiger partial charge in [0, 0.05) is 11.6 Å². The molecule has 0 saturated heterocycles. The van der Waals surface area contributed by atoms with Crippen molar-refractivity contribution in [2.75, 3.05) is 4.72 Å². The fraction of sp³-hybridized carbons (Fsp3) is 0.0625. The van der Waals surface area contributed by atoms with Crippen LogP contribution >= 0.6 is 0 Å². The van der Waals surface area contributed by atoms with E-state index in [-0.39, 0.29) is 11.6 Å². The number of phenols is 1. The van der Waals surface area contributed by atoms with Crippen LogP contribution in [-0.4, -0.2) is 18.5 Å². The number of hydrogen-bond donors (Lipinski definition) is 2. The predicted molar refractivity (Wildman–Crippen MR) is 85.5 cm³/mol. The molecular formula is C16H12F2N2O4S. The zero-order valence-corrected chi connectivity index (χ0v) is 13.6. The molecule has 2 aromatic carbocycles. The number of anilines is 1. The third-order valence-electron chi connectivity index (χ3n) is 3.52. The van der Waals surface area contributed by atoms with Gasteiger partial charge in [0.2, 0.25) is 5.89 Å². The molecule has 3 aromatic rings. The van der Waals surface area contributed by atoms with Crippen molar-refractivity contribution in [3.05, 3.63) is 60.0 Å². The Morgan fingerprint density at radius 2 is 2.00 bits per heavy atom. The molecule has 2 N–H and O–H groups in total. The summed E-state index contributed by atoms with van der Waals surface area (Å²) in [6.45, 7) is 1.63. The molecule has 0 saturated carbocycles. The van der Waals surface area contributed by atoms with Crippen LogP contribution in [0.1, 0.15) is 5.56 Å². The van der Waals surface area contributed by atoms with E-state index in [1.807, 2.05) is 0 Å². The average Bonchev–Trinajstić information content (AvgIpc) is 3.07. The van der Waals surface area contributed by atoms with E-state index >= 15 is 0 Å². The third-order valence-corrected chi connectivity index (χ3v) is 4.90. The summed E-state index contributed by atoms with van der Waals surface area (Å²) in [7, 11) is -4.43. The zero-order valence-electron chi connectivity index (χ0n) is 12.8. The van der Waals surface area contributed by atoms with Crippen molar-refractivity contribution in [3.8, 4) is 17.2 Å². The van der Waals surface area contributed by atoms with Gasteiger partial charge in [-0.05, 0) is 30.7 Å². The van der Waals surface area contributed by atoms with Gasteiger partial charge in [-0.2, -0.15) is 0 Å². The number of nitrogens with zero attached hydrogens (tertiary/aromatic N) is 1. The van der Waals surface area contributed by atoms with Gasteiger partial charge >= 0.3 is 0 Å². The first-order valence-corrected chi connectivity index (χ1v) is 8.48. The molecule has 3 rings (SSSR count). The van der Waals surface area contributed by atoms with Crippen LogP contribution in [0.15, 0.2) is 52.1 Å². The highest BCUT2D eigenvalue weighted by Gasteiger charge is 2.24. The monoisotopic (exact) mass is 366 g/mol. The Kier molecular flexibility index (Phi) is 4.17. The highest BCUT2D eigenvalue weighted by Crippen LogP contribution is 2.32. The van der Waals surface area contributed by atoms with Gasteiger partial charge in [-0.25, -0.2) is 22.2 Å². The molecule has 9 heteroatoms. The van der Waals surface area contributed by atoms with Gasteiger partial charge < -0.3 is 9.52 Å². The fourth-order valence-electron chi connectivity index (χ4n) is 2.28. The Bertz CT molecular complexity index is 1030. The van der Waals surface area contributed by atoms with Crippen molar-refractivity contribution in [1.29, 1.82) is 0 Å². The Labute approximate surface area is 141 Å². The van der Waals surface area contributed by atoms with Crippen molar-refractivity contribution < 1.29 is 26.7 Å². The van der Waals surface area contributed by atoms with Crippen LogP contribution in [0.3, 0.4) is 0 Å². The summed E-state index contributed by atoms with van der Waals surface area (Å²) in [5.74, 6) is -3.36. The fourth-order valence-corrected chi connectivity index (χ4v) is 3.52. The minimum Gasteiger partial charge on any atom is -0.504 e. The Morgan fingerprint density at radius 3 is 2.68 bits per heavy atom. The summed E-state index contributed by atoms with van der Waals surface area (Å²) in [5, 5.41) is 9.62. The number of benzene rings is 2. The molecule has 6 nitrogen and oxygen atoms in total. The molecule has 0 aliphatic rings. The molecule has 130 valence electrons. The zero-order chi connectivity index (χ0) is 18.2. The minimum atomic E-state index is -4.43. The van der Waals surface area contributed by atoms with Crippen LogP contribution in [0.5, 0.6) is 5.75 Å². The lowest BCUT2D eigenvalue weighted by Gasteiger charge is -2.13. The molecule has 1 heterocycles. The quantitative estimate of drug-likeness (QED) is 0.738. The number of oxazole rings is 1. The molecule has 0 spiro atoms. The highest BCUT2D eigenvalue weighted by molar-refractivity contribution is 7.92. The summed E-state index contributed by atoms with van der Waals surface area (Å²) in [6.07, 6.45) is 2.82. The maximum Gasteiger partial charge on any atom is 0.265 e. The lowest BCUT2D eigenvalue weighted by molar-refractivity contribution is 0.412. The molecular weight excluding hydrogens is 354 g/mol. The minimum absolute atomic E-state index is 0.153. The number of halogens is 2. The van der Waals surface area contributed by atoms with E-state index in [1.54, 1.807) is 19.1 Å². The van der Waals surface area contributed by atoms with E-state index in [9.17, 15) is 22.3 Å². The van der Waals surface area contributed by atoms with E-state index < -0.39 is 32.3 Å². The topological polar surface area (TPSA) is 92.4 Å².